The molecule has 2 aromatic heterocycles. The average Bonchev–Trinajstić information content (AvgIpc) is 3.23. The van der Waals surface area contributed by atoms with Crippen molar-refractivity contribution in [3.8, 4) is 5.75 Å². The third-order valence-corrected chi connectivity index (χ3v) is 4.73. The van der Waals surface area contributed by atoms with E-state index < -0.39 is 18.0 Å². The Hall–Kier alpha value is -2.99. The lowest BCUT2D eigenvalue weighted by Gasteiger charge is -2.09. The molecule has 0 bridgehead atoms. The number of rotatable bonds is 7. The standard InChI is InChI=1S/C17H14F3N5O2S2/c1-2-7-25-13(23-24-16(25)28)8-11-9-29-15(21-11)22-14(26)10-3-5-12(6-4-10)27-17(18,19)20/h2-6,9H,1,7-8H2,(H,24,28)(H,21,22,26). The smallest absolute Gasteiger partial charge is 0.406 e. The molecule has 3 aromatic rings. The Kier molecular flexibility index (Phi) is 6.13. The van der Waals surface area contributed by atoms with E-state index in [1.165, 1.54) is 23.5 Å². The van der Waals surface area contributed by atoms with Gasteiger partial charge in [-0.05, 0) is 36.5 Å². The molecule has 3 rings (SSSR count). The largest absolute Gasteiger partial charge is 0.573 e. The highest BCUT2D eigenvalue weighted by Gasteiger charge is 2.31. The predicted molar refractivity (Wildman–Crippen MR) is 104 cm³/mol. The van der Waals surface area contributed by atoms with E-state index in [2.05, 4.69) is 31.8 Å². The van der Waals surface area contributed by atoms with Gasteiger partial charge >= 0.3 is 6.36 Å². The highest BCUT2D eigenvalue weighted by Crippen LogP contribution is 2.23. The van der Waals surface area contributed by atoms with Gasteiger partial charge in [-0.15, -0.1) is 31.1 Å². The zero-order valence-electron chi connectivity index (χ0n) is 14.7. The van der Waals surface area contributed by atoms with Crippen molar-refractivity contribution in [1.29, 1.82) is 0 Å². The van der Waals surface area contributed by atoms with Crippen LogP contribution in [0.25, 0.3) is 0 Å². The van der Waals surface area contributed by atoms with Crippen molar-refractivity contribution >= 4 is 34.6 Å². The van der Waals surface area contributed by atoms with Crippen LogP contribution in [0.3, 0.4) is 0 Å². The Morgan fingerprint density at radius 2 is 2.10 bits per heavy atom. The number of nitrogens with one attached hydrogen (secondary N) is 2. The minimum absolute atomic E-state index is 0.170. The van der Waals surface area contributed by atoms with Gasteiger partial charge < -0.3 is 4.74 Å². The van der Waals surface area contributed by atoms with Gasteiger partial charge in [0.1, 0.15) is 11.6 Å². The Labute approximate surface area is 171 Å². The van der Waals surface area contributed by atoms with Gasteiger partial charge in [0.15, 0.2) is 9.90 Å². The lowest BCUT2D eigenvalue weighted by atomic mass is 10.2. The van der Waals surface area contributed by atoms with E-state index in [1.54, 1.807) is 16.0 Å². The number of anilines is 1. The number of aromatic amines is 1. The summed E-state index contributed by atoms with van der Waals surface area (Å²) < 4.78 is 42.6. The number of carbonyl (C=O) groups excluding carboxylic acids is 1. The van der Waals surface area contributed by atoms with Gasteiger partial charge in [0.2, 0.25) is 0 Å². The lowest BCUT2D eigenvalue weighted by molar-refractivity contribution is -0.274. The van der Waals surface area contributed by atoms with Crippen molar-refractivity contribution in [2.75, 3.05) is 5.32 Å². The van der Waals surface area contributed by atoms with E-state index in [0.29, 0.717) is 34.4 Å². The van der Waals surface area contributed by atoms with Gasteiger partial charge in [0.05, 0.1) is 12.1 Å². The van der Waals surface area contributed by atoms with Crippen LogP contribution in [0, 0.1) is 4.77 Å². The fourth-order valence-corrected chi connectivity index (χ4v) is 3.32. The minimum Gasteiger partial charge on any atom is -0.406 e. The number of amides is 1. The van der Waals surface area contributed by atoms with E-state index in [1.807, 2.05) is 0 Å². The van der Waals surface area contributed by atoms with Crippen LogP contribution >= 0.6 is 23.6 Å². The van der Waals surface area contributed by atoms with Crippen molar-refractivity contribution in [3.63, 3.8) is 0 Å². The maximum absolute atomic E-state index is 12.3. The van der Waals surface area contributed by atoms with Crippen LogP contribution in [0.15, 0.2) is 42.3 Å². The number of alkyl halides is 3. The van der Waals surface area contributed by atoms with Crippen LogP contribution in [-0.2, 0) is 13.0 Å². The quantitative estimate of drug-likeness (QED) is 0.421. The molecular weight excluding hydrogens is 427 g/mol. The first-order valence-electron chi connectivity index (χ1n) is 8.11. The summed E-state index contributed by atoms with van der Waals surface area (Å²) in [5.41, 5.74) is 0.849. The van der Waals surface area contributed by atoms with Gasteiger partial charge in [0.25, 0.3) is 5.91 Å². The van der Waals surface area contributed by atoms with E-state index in [4.69, 9.17) is 12.2 Å². The molecule has 0 fully saturated rings. The van der Waals surface area contributed by atoms with E-state index in [0.717, 1.165) is 12.1 Å². The first-order valence-corrected chi connectivity index (χ1v) is 9.40. The first-order chi connectivity index (χ1) is 13.7. The maximum atomic E-state index is 12.3. The second kappa shape index (κ2) is 8.57. The van der Waals surface area contributed by atoms with Crippen LogP contribution in [-0.4, -0.2) is 32.0 Å². The van der Waals surface area contributed by atoms with Crippen molar-refractivity contribution in [2.45, 2.75) is 19.3 Å². The third-order valence-electron chi connectivity index (χ3n) is 3.61. The molecule has 0 aliphatic rings. The van der Waals surface area contributed by atoms with E-state index in [-0.39, 0.29) is 5.56 Å². The summed E-state index contributed by atoms with van der Waals surface area (Å²) in [5, 5.41) is 11.6. The molecule has 7 nitrogen and oxygen atoms in total. The first kappa shape index (κ1) is 20.7. The van der Waals surface area contributed by atoms with Crippen LogP contribution < -0.4 is 10.1 Å². The molecule has 0 aliphatic heterocycles. The van der Waals surface area contributed by atoms with Crippen molar-refractivity contribution in [2.24, 2.45) is 0 Å². The lowest BCUT2D eigenvalue weighted by Crippen LogP contribution is -2.17. The molecule has 2 N–H and O–H groups in total. The van der Waals surface area contributed by atoms with Crippen molar-refractivity contribution in [3.05, 3.63) is 64.2 Å². The summed E-state index contributed by atoms with van der Waals surface area (Å²) >= 11 is 6.38. The molecule has 1 amide bonds. The Bertz CT molecular complexity index is 1070. The molecule has 0 unspecified atom stereocenters. The molecule has 0 atom stereocenters. The molecule has 12 heteroatoms. The molecule has 2 heterocycles. The van der Waals surface area contributed by atoms with Crippen LogP contribution in [0.5, 0.6) is 5.75 Å². The molecule has 0 aliphatic carbocycles. The number of aromatic nitrogens is 4. The van der Waals surface area contributed by atoms with Gasteiger partial charge in [-0.3, -0.25) is 19.8 Å². The molecule has 0 saturated heterocycles. The number of benzene rings is 1. The van der Waals surface area contributed by atoms with Gasteiger partial charge in [0, 0.05) is 17.5 Å². The molecule has 0 spiro atoms. The zero-order chi connectivity index (χ0) is 21.0. The van der Waals surface area contributed by atoms with Crippen LogP contribution in [0.1, 0.15) is 21.9 Å². The summed E-state index contributed by atoms with van der Waals surface area (Å²) in [5.74, 6) is -0.226. The Morgan fingerprint density at radius 1 is 1.38 bits per heavy atom. The normalized spacial score (nSPS) is 11.3. The average molecular weight is 441 g/mol. The highest BCUT2D eigenvalue weighted by atomic mass is 32.1. The van der Waals surface area contributed by atoms with Gasteiger partial charge in [-0.1, -0.05) is 6.08 Å². The zero-order valence-corrected chi connectivity index (χ0v) is 16.3. The van der Waals surface area contributed by atoms with E-state index >= 15 is 0 Å². The highest BCUT2D eigenvalue weighted by molar-refractivity contribution is 7.71. The summed E-state index contributed by atoms with van der Waals surface area (Å²) in [4.78, 5) is 16.6. The number of H-pyrrole nitrogens is 1. The van der Waals surface area contributed by atoms with E-state index in [9.17, 15) is 18.0 Å². The topological polar surface area (TPSA) is 84.8 Å². The molecule has 1 aromatic carbocycles. The number of hydrogen-bond acceptors (Lipinski definition) is 6. The summed E-state index contributed by atoms with van der Waals surface area (Å²) in [7, 11) is 0. The molecule has 152 valence electrons. The van der Waals surface area contributed by atoms with Crippen molar-refractivity contribution < 1.29 is 22.7 Å². The Balaban J connectivity index is 1.65. The third kappa shape index (κ3) is 5.51. The fraction of sp³-hybridized carbons (Fsp3) is 0.176. The number of ether oxygens (including phenoxy) is 1. The summed E-state index contributed by atoms with van der Waals surface area (Å²) in [6, 6.07) is 4.60. The number of allylic oxidation sites excluding steroid dienone is 1. The molecule has 0 radical (unpaired) electrons. The van der Waals surface area contributed by atoms with Crippen LogP contribution in [0.4, 0.5) is 18.3 Å². The predicted octanol–water partition coefficient (Wildman–Crippen LogP) is 4.32. The molecular formula is C17H14F3N5O2S2. The number of thiazole rings is 1. The monoisotopic (exact) mass is 441 g/mol. The fourth-order valence-electron chi connectivity index (χ4n) is 2.39. The second-order valence-corrected chi connectivity index (χ2v) is 6.94. The summed E-state index contributed by atoms with van der Waals surface area (Å²) in [6.45, 7) is 4.19. The minimum atomic E-state index is -4.79. The van der Waals surface area contributed by atoms with Crippen LogP contribution in [0.2, 0.25) is 0 Å². The Morgan fingerprint density at radius 3 is 2.76 bits per heavy atom. The SMILES string of the molecule is C=CCn1c(Cc2csc(NC(=O)c3ccc(OC(F)(F)F)cc3)n2)n[nH]c1=S. The van der Waals surface area contributed by atoms with Crippen molar-refractivity contribution in [1.82, 2.24) is 19.7 Å². The number of hydrogen-bond donors (Lipinski definition) is 2. The molecule has 0 saturated carbocycles. The van der Waals surface area contributed by atoms with Gasteiger partial charge in [-0.2, -0.15) is 5.10 Å². The number of halogens is 3. The van der Waals surface area contributed by atoms with Gasteiger partial charge in [-0.25, -0.2) is 4.98 Å². The number of carbonyl (C=O) groups is 1. The summed E-state index contributed by atoms with van der Waals surface area (Å²) in [6.07, 6.45) is -2.69. The molecule has 29 heavy (non-hydrogen) atoms. The maximum Gasteiger partial charge on any atom is 0.573 e. The second-order valence-electron chi connectivity index (χ2n) is 5.69. The number of nitrogens with zero attached hydrogens (tertiary/aromatic N) is 3.